The molecule has 2 rings (SSSR count). The summed E-state index contributed by atoms with van der Waals surface area (Å²) in [5, 5.41) is 13.4. The summed E-state index contributed by atoms with van der Waals surface area (Å²) in [6.45, 7) is 1.03. The molecule has 0 saturated carbocycles. The van der Waals surface area contributed by atoms with E-state index in [2.05, 4.69) is 5.32 Å². The SMILES string of the molecule is COc1ccc(C(=O)OCC(=O)Nc2ccc(C)c([N+](=O)[O-])c2)c(OC)c1. The lowest BCUT2D eigenvalue weighted by Gasteiger charge is -2.10. The number of esters is 1. The molecule has 0 atom stereocenters. The van der Waals surface area contributed by atoms with Crippen molar-refractivity contribution in [2.75, 3.05) is 26.1 Å². The normalized spacial score (nSPS) is 10.0. The van der Waals surface area contributed by atoms with Crippen LogP contribution in [0.15, 0.2) is 36.4 Å². The molecule has 0 bridgehead atoms. The van der Waals surface area contributed by atoms with Crippen molar-refractivity contribution >= 4 is 23.3 Å². The van der Waals surface area contributed by atoms with Crippen molar-refractivity contribution in [3.8, 4) is 11.5 Å². The summed E-state index contributed by atoms with van der Waals surface area (Å²) in [5.41, 5.74) is 0.719. The van der Waals surface area contributed by atoms with Crippen molar-refractivity contribution in [1.29, 1.82) is 0 Å². The number of benzene rings is 2. The van der Waals surface area contributed by atoms with E-state index in [-0.39, 0.29) is 22.7 Å². The number of nitrogens with one attached hydrogen (secondary N) is 1. The van der Waals surface area contributed by atoms with Gasteiger partial charge < -0.3 is 19.5 Å². The molecule has 27 heavy (non-hydrogen) atoms. The van der Waals surface area contributed by atoms with E-state index in [1.54, 1.807) is 13.0 Å². The van der Waals surface area contributed by atoms with Crippen LogP contribution in [0, 0.1) is 17.0 Å². The summed E-state index contributed by atoms with van der Waals surface area (Å²) in [7, 11) is 2.87. The summed E-state index contributed by atoms with van der Waals surface area (Å²) < 4.78 is 15.1. The molecule has 0 aromatic heterocycles. The number of aryl methyl sites for hydroxylation is 1. The first kappa shape index (κ1) is 19.7. The number of nitro benzene ring substituents is 1. The van der Waals surface area contributed by atoms with E-state index < -0.39 is 23.4 Å². The summed E-state index contributed by atoms with van der Waals surface area (Å²) >= 11 is 0. The van der Waals surface area contributed by atoms with Crippen LogP contribution in [0.4, 0.5) is 11.4 Å². The molecule has 1 N–H and O–H groups in total. The first-order chi connectivity index (χ1) is 12.8. The molecule has 9 heteroatoms. The van der Waals surface area contributed by atoms with E-state index in [1.165, 1.54) is 44.6 Å². The monoisotopic (exact) mass is 374 g/mol. The molecule has 0 spiro atoms. The molecule has 0 saturated heterocycles. The Morgan fingerprint density at radius 3 is 2.48 bits per heavy atom. The number of carbonyl (C=O) groups is 2. The van der Waals surface area contributed by atoms with Crippen LogP contribution in [0.2, 0.25) is 0 Å². The minimum atomic E-state index is -0.750. The molecular weight excluding hydrogens is 356 g/mol. The van der Waals surface area contributed by atoms with E-state index >= 15 is 0 Å². The van der Waals surface area contributed by atoms with Crippen LogP contribution in [0.1, 0.15) is 15.9 Å². The molecule has 0 aliphatic rings. The van der Waals surface area contributed by atoms with E-state index in [0.717, 1.165) is 0 Å². The summed E-state index contributed by atoms with van der Waals surface area (Å²) in [6.07, 6.45) is 0. The quantitative estimate of drug-likeness (QED) is 0.450. The zero-order chi connectivity index (χ0) is 20.0. The number of methoxy groups -OCH3 is 2. The standard InChI is InChI=1S/C18H18N2O7/c1-11-4-5-12(8-15(11)20(23)24)19-17(21)10-27-18(22)14-7-6-13(25-2)9-16(14)26-3/h4-9H,10H2,1-3H3,(H,19,21). The third-order valence-electron chi connectivity index (χ3n) is 3.65. The number of hydrogen-bond acceptors (Lipinski definition) is 7. The number of hydrogen-bond donors (Lipinski definition) is 1. The van der Waals surface area contributed by atoms with Crippen molar-refractivity contribution in [2.45, 2.75) is 6.92 Å². The average Bonchev–Trinajstić information content (AvgIpc) is 2.66. The second-order valence-electron chi connectivity index (χ2n) is 5.45. The Kier molecular flexibility index (Phi) is 6.32. The number of ether oxygens (including phenoxy) is 3. The largest absolute Gasteiger partial charge is 0.497 e. The zero-order valence-corrected chi connectivity index (χ0v) is 15.0. The molecule has 9 nitrogen and oxygen atoms in total. The smallest absolute Gasteiger partial charge is 0.342 e. The second-order valence-corrected chi connectivity index (χ2v) is 5.45. The maximum Gasteiger partial charge on any atom is 0.342 e. The van der Waals surface area contributed by atoms with Gasteiger partial charge in [-0.3, -0.25) is 14.9 Å². The van der Waals surface area contributed by atoms with Crippen molar-refractivity contribution in [2.24, 2.45) is 0 Å². The van der Waals surface area contributed by atoms with Crippen molar-refractivity contribution in [3.63, 3.8) is 0 Å². The fourth-order valence-corrected chi connectivity index (χ4v) is 2.26. The van der Waals surface area contributed by atoms with Crippen molar-refractivity contribution < 1.29 is 28.7 Å². The molecule has 2 aromatic carbocycles. The maximum absolute atomic E-state index is 12.2. The minimum absolute atomic E-state index is 0.118. The number of nitro groups is 1. The Bertz CT molecular complexity index is 880. The van der Waals surface area contributed by atoms with Crippen molar-refractivity contribution in [3.05, 3.63) is 57.6 Å². The van der Waals surface area contributed by atoms with Gasteiger partial charge in [0.05, 0.1) is 19.1 Å². The van der Waals surface area contributed by atoms with Crippen LogP contribution in [0.3, 0.4) is 0 Å². The number of amides is 1. The van der Waals surface area contributed by atoms with Gasteiger partial charge in [-0.05, 0) is 25.1 Å². The van der Waals surface area contributed by atoms with Crippen LogP contribution in [0.5, 0.6) is 11.5 Å². The van der Waals surface area contributed by atoms with E-state index in [9.17, 15) is 19.7 Å². The second kappa shape index (κ2) is 8.65. The van der Waals surface area contributed by atoms with Gasteiger partial charge in [-0.2, -0.15) is 0 Å². The highest BCUT2D eigenvalue weighted by Gasteiger charge is 2.17. The fraction of sp³-hybridized carbons (Fsp3) is 0.222. The molecule has 1 amide bonds. The lowest BCUT2D eigenvalue weighted by atomic mass is 10.2. The highest BCUT2D eigenvalue weighted by atomic mass is 16.6. The number of carbonyl (C=O) groups excluding carboxylic acids is 2. The molecule has 0 radical (unpaired) electrons. The van der Waals surface area contributed by atoms with Gasteiger partial charge in [0.1, 0.15) is 17.1 Å². The molecule has 0 fully saturated rings. The highest BCUT2D eigenvalue weighted by Crippen LogP contribution is 2.25. The van der Waals surface area contributed by atoms with Crippen molar-refractivity contribution in [1.82, 2.24) is 0 Å². The Morgan fingerprint density at radius 2 is 1.85 bits per heavy atom. The van der Waals surface area contributed by atoms with E-state index in [4.69, 9.17) is 14.2 Å². The van der Waals surface area contributed by atoms with Crippen LogP contribution < -0.4 is 14.8 Å². The Hall–Kier alpha value is -3.62. The first-order valence-corrected chi connectivity index (χ1v) is 7.79. The van der Waals surface area contributed by atoms with Crippen LogP contribution in [0.25, 0.3) is 0 Å². The van der Waals surface area contributed by atoms with Gasteiger partial charge in [-0.15, -0.1) is 0 Å². The van der Waals surface area contributed by atoms with E-state index in [1.807, 2.05) is 0 Å². The topological polar surface area (TPSA) is 117 Å². The third kappa shape index (κ3) is 4.94. The average molecular weight is 374 g/mol. The highest BCUT2D eigenvalue weighted by molar-refractivity contribution is 5.97. The van der Waals surface area contributed by atoms with Gasteiger partial charge in [-0.1, -0.05) is 6.07 Å². The Labute approximate surface area is 155 Å². The zero-order valence-electron chi connectivity index (χ0n) is 15.0. The molecule has 0 unspecified atom stereocenters. The van der Waals surface area contributed by atoms with Gasteiger partial charge >= 0.3 is 5.97 Å². The van der Waals surface area contributed by atoms with Gasteiger partial charge in [-0.25, -0.2) is 4.79 Å². The van der Waals surface area contributed by atoms with Crippen LogP contribution >= 0.6 is 0 Å². The lowest BCUT2D eigenvalue weighted by molar-refractivity contribution is -0.385. The Morgan fingerprint density at radius 1 is 1.11 bits per heavy atom. The lowest BCUT2D eigenvalue weighted by Crippen LogP contribution is -2.21. The molecular formula is C18H18N2O7. The summed E-state index contributed by atoms with van der Waals surface area (Å²) in [4.78, 5) is 34.5. The predicted octanol–water partition coefficient (Wildman–Crippen LogP) is 2.72. The Balaban J connectivity index is 2.00. The van der Waals surface area contributed by atoms with Gasteiger partial charge in [0.15, 0.2) is 6.61 Å². The molecule has 2 aromatic rings. The predicted molar refractivity (Wildman–Crippen MR) is 96.3 cm³/mol. The summed E-state index contributed by atoms with van der Waals surface area (Å²) in [5.74, 6) is -0.635. The molecule has 0 heterocycles. The van der Waals surface area contributed by atoms with Crippen LogP contribution in [-0.4, -0.2) is 37.6 Å². The number of nitrogens with zero attached hydrogens (tertiary/aromatic N) is 1. The van der Waals surface area contributed by atoms with Crippen LogP contribution in [-0.2, 0) is 9.53 Å². The fourth-order valence-electron chi connectivity index (χ4n) is 2.26. The first-order valence-electron chi connectivity index (χ1n) is 7.79. The third-order valence-corrected chi connectivity index (χ3v) is 3.65. The van der Waals surface area contributed by atoms with Gasteiger partial charge in [0, 0.05) is 23.4 Å². The molecule has 142 valence electrons. The number of anilines is 1. The van der Waals surface area contributed by atoms with Gasteiger partial charge in [0.2, 0.25) is 0 Å². The van der Waals surface area contributed by atoms with Gasteiger partial charge in [0.25, 0.3) is 11.6 Å². The number of rotatable bonds is 7. The maximum atomic E-state index is 12.2. The molecule has 0 aliphatic carbocycles. The molecule has 0 aliphatic heterocycles. The summed E-state index contributed by atoms with van der Waals surface area (Å²) in [6, 6.07) is 8.81. The minimum Gasteiger partial charge on any atom is -0.497 e. The van der Waals surface area contributed by atoms with E-state index in [0.29, 0.717) is 11.3 Å².